The van der Waals surface area contributed by atoms with E-state index >= 15 is 0 Å². The fourth-order valence-corrected chi connectivity index (χ4v) is 1.41. The molecule has 0 atom stereocenters. The largest absolute Gasteiger partial charge is 1.00 e. The maximum Gasteiger partial charge on any atom is 1.00 e. The van der Waals surface area contributed by atoms with E-state index in [-0.39, 0.29) is 57.1 Å². The van der Waals surface area contributed by atoms with Gasteiger partial charge in [0, 0.05) is 6.20 Å². The minimum atomic E-state index is -5.00. The van der Waals surface area contributed by atoms with Crippen molar-refractivity contribution in [2.75, 3.05) is 6.61 Å². The van der Waals surface area contributed by atoms with E-state index in [9.17, 15) is 12.9 Å². The summed E-state index contributed by atoms with van der Waals surface area (Å²) in [6, 6.07) is 1.01. The minimum Gasteiger partial charge on any atom is -0.492 e. The summed E-state index contributed by atoms with van der Waals surface area (Å²) in [5, 5.41) is 0. The third-order valence-electron chi connectivity index (χ3n) is 2.38. The van der Waals surface area contributed by atoms with Gasteiger partial charge in [0.15, 0.2) is 0 Å². The number of rotatable bonds is 7. The second-order valence-corrected chi connectivity index (χ2v) is 3.94. The second kappa shape index (κ2) is 9.36. The minimum absolute atomic E-state index is 0. The van der Waals surface area contributed by atoms with Crippen LogP contribution in [0, 0.1) is 0 Å². The molecule has 0 saturated carbocycles. The van der Waals surface area contributed by atoms with E-state index in [0.29, 0.717) is 6.61 Å². The van der Waals surface area contributed by atoms with Crippen LogP contribution in [0.3, 0.4) is 0 Å². The molecule has 0 aromatic carbocycles. The first-order valence-corrected chi connectivity index (χ1v) is 5.81. The Labute approximate surface area is 148 Å². The molecule has 0 amide bonds. The van der Waals surface area contributed by atoms with Gasteiger partial charge in [-0.2, -0.15) is 0 Å². The molecule has 7 heteroatoms. The summed E-state index contributed by atoms with van der Waals surface area (Å²) >= 11 is 0. The molecule has 1 aromatic rings. The molecule has 96 valence electrons. The van der Waals surface area contributed by atoms with Crippen molar-refractivity contribution in [3.8, 4) is 5.75 Å². The predicted molar refractivity (Wildman–Crippen MR) is 62.6 cm³/mol. The van der Waals surface area contributed by atoms with Gasteiger partial charge in [-0.25, -0.2) is 0 Å². The molecule has 1 aromatic heterocycles. The topological polar surface area (TPSA) is 22.1 Å². The Kier molecular flexibility index (Phi) is 9.59. The summed E-state index contributed by atoms with van der Waals surface area (Å²) in [6.45, 7) is -2.46. The Balaban J connectivity index is 0.00000289. The van der Waals surface area contributed by atoms with Crippen molar-refractivity contribution >= 4 is 12.4 Å². The Bertz CT molecular complexity index is 349. The average Bonchev–Trinajstić information content (AvgIpc) is 2.28. The van der Waals surface area contributed by atoms with Gasteiger partial charge in [0.25, 0.3) is 0 Å². The van der Waals surface area contributed by atoms with E-state index in [1.807, 2.05) is 0 Å². The van der Waals surface area contributed by atoms with Crippen LogP contribution in [-0.4, -0.2) is 18.6 Å². The monoisotopic (exact) mass is 285 g/mol. The summed E-state index contributed by atoms with van der Waals surface area (Å²) < 4.78 is 42.5. The zero-order valence-corrected chi connectivity index (χ0v) is 14.0. The van der Waals surface area contributed by atoms with Crippen LogP contribution in [0.25, 0.3) is 0 Å². The summed E-state index contributed by atoms with van der Waals surface area (Å²) in [6.07, 6.45) is 6.26. The number of aromatic nitrogens is 1. The molecule has 0 bridgehead atoms. The summed E-state index contributed by atoms with van der Waals surface area (Å²) in [5.41, 5.74) is -0.712. The van der Waals surface area contributed by atoms with E-state index in [1.165, 1.54) is 6.20 Å². The molecule has 0 aliphatic carbocycles. The Morgan fingerprint density at radius 3 is 2.50 bits per heavy atom. The van der Waals surface area contributed by atoms with E-state index in [1.54, 1.807) is 0 Å². The maximum atomic E-state index is 12.4. The molecule has 0 N–H and O–H groups in total. The van der Waals surface area contributed by atoms with E-state index < -0.39 is 12.4 Å². The van der Waals surface area contributed by atoms with Crippen LogP contribution < -0.4 is 61.6 Å². The van der Waals surface area contributed by atoms with Gasteiger partial charge in [0.1, 0.15) is 5.75 Å². The number of hydrogen-bond acceptors (Lipinski definition) is 2. The molecule has 18 heavy (non-hydrogen) atoms. The predicted octanol–water partition coefficient (Wildman–Crippen LogP) is 0.0991. The van der Waals surface area contributed by atoms with Gasteiger partial charge in [0.2, 0.25) is 0 Å². The van der Waals surface area contributed by atoms with Gasteiger partial charge >= 0.3 is 58.4 Å². The van der Waals surface area contributed by atoms with Crippen molar-refractivity contribution in [2.24, 2.45) is 0 Å². The van der Waals surface area contributed by atoms with E-state index in [0.717, 1.165) is 37.9 Å². The molecule has 0 saturated heterocycles. The normalized spacial score (nSPS) is 10.9. The van der Waals surface area contributed by atoms with Crippen LogP contribution in [0.4, 0.5) is 12.9 Å². The Morgan fingerprint density at radius 1 is 1.17 bits per heavy atom. The molecular weight excluding hydrogens is 269 g/mol. The summed E-state index contributed by atoms with van der Waals surface area (Å²) in [4.78, 5) is 3.54. The molecule has 0 radical (unpaired) electrons. The molecular formula is C11H16BF3KNO. The van der Waals surface area contributed by atoms with Crippen molar-refractivity contribution < 1.29 is 69.1 Å². The average molecular weight is 285 g/mol. The Morgan fingerprint density at radius 2 is 1.89 bits per heavy atom. The van der Waals surface area contributed by atoms with Crippen LogP contribution >= 0.6 is 0 Å². The third-order valence-corrected chi connectivity index (χ3v) is 2.38. The number of halogens is 3. The fraction of sp³-hybridized carbons (Fsp3) is 0.545. The quantitative estimate of drug-likeness (QED) is 0.523. The third kappa shape index (κ3) is 7.13. The Hall–Kier alpha value is 0.441. The van der Waals surface area contributed by atoms with Gasteiger partial charge in [0.05, 0.1) is 12.8 Å². The smallest absolute Gasteiger partial charge is 0.492 e. The summed E-state index contributed by atoms with van der Waals surface area (Å²) in [5.74, 6) is 0.193. The first kappa shape index (κ1) is 18.4. The first-order valence-electron chi connectivity index (χ1n) is 5.81. The molecule has 2 nitrogen and oxygen atoms in total. The van der Waals surface area contributed by atoms with Gasteiger partial charge < -0.3 is 17.7 Å². The zero-order chi connectivity index (χ0) is 12.7. The van der Waals surface area contributed by atoms with Crippen molar-refractivity contribution in [3.63, 3.8) is 0 Å². The van der Waals surface area contributed by atoms with E-state index in [4.69, 9.17) is 4.74 Å². The van der Waals surface area contributed by atoms with Crippen molar-refractivity contribution in [1.82, 2.24) is 4.98 Å². The van der Waals surface area contributed by atoms with Crippen LogP contribution in [0.1, 0.15) is 32.6 Å². The first-order chi connectivity index (χ1) is 8.04. The summed E-state index contributed by atoms with van der Waals surface area (Å²) in [7, 11) is 0. The van der Waals surface area contributed by atoms with Crippen LogP contribution in [0.15, 0.2) is 18.5 Å². The van der Waals surface area contributed by atoms with Crippen molar-refractivity contribution in [3.05, 3.63) is 18.5 Å². The van der Waals surface area contributed by atoms with Crippen molar-refractivity contribution in [1.29, 1.82) is 0 Å². The SMILES string of the molecule is CCCCCCOc1cncc([B-](F)(F)F)c1.[K+]. The van der Waals surface area contributed by atoms with E-state index in [2.05, 4.69) is 11.9 Å². The van der Waals surface area contributed by atoms with Crippen LogP contribution in [0.2, 0.25) is 0 Å². The number of pyridine rings is 1. The molecule has 0 aliphatic rings. The molecule has 0 spiro atoms. The second-order valence-electron chi connectivity index (χ2n) is 3.94. The van der Waals surface area contributed by atoms with Gasteiger partial charge in [-0.3, -0.25) is 4.98 Å². The molecule has 1 rings (SSSR count). The number of unbranched alkanes of at least 4 members (excludes halogenated alkanes) is 3. The maximum absolute atomic E-state index is 12.4. The molecule has 0 unspecified atom stereocenters. The number of nitrogens with zero attached hydrogens (tertiary/aromatic N) is 1. The van der Waals surface area contributed by atoms with Gasteiger partial charge in [-0.1, -0.05) is 31.6 Å². The van der Waals surface area contributed by atoms with Gasteiger partial charge in [-0.05, 0) is 12.5 Å². The fourth-order valence-electron chi connectivity index (χ4n) is 1.41. The standard InChI is InChI=1S/C11H16BF3NO.K/c1-2-3-4-5-6-17-11-7-10(8-16-9-11)12(13,14)15;/h7-9H,2-6H2,1H3;/q-1;+1. The molecule has 0 fully saturated rings. The van der Waals surface area contributed by atoms with Crippen LogP contribution in [-0.2, 0) is 0 Å². The van der Waals surface area contributed by atoms with Crippen LogP contribution in [0.5, 0.6) is 5.75 Å². The van der Waals surface area contributed by atoms with Crippen molar-refractivity contribution in [2.45, 2.75) is 32.6 Å². The number of hydrogen-bond donors (Lipinski definition) is 0. The molecule has 1 heterocycles. The molecule has 0 aliphatic heterocycles. The zero-order valence-electron chi connectivity index (χ0n) is 10.8. The number of ether oxygens (including phenoxy) is 1. The van der Waals surface area contributed by atoms with Gasteiger partial charge in [-0.15, -0.1) is 0 Å².